The molecule has 0 spiro atoms. The molecule has 2 aromatic heterocycles. The van der Waals surface area contributed by atoms with E-state index in [9.17, 15) is 14.4 Å². The van der Waals surface area contributed by atoms with Crippen molar-refractivity contribution >= 4 is 22.5 Å². The lowest BCUT2D eigenvalue weighted by atomic mass is 10.0. The summed E-state index contributed by atoms with van der Waals surface area (Å²) in [6, 6.07) is 13.5. The fourth-order valence-corrected chi connectivity index (χ4v) is 4.08. The van der Waals surface area contributed by atoms with Gasteiger partial charge in [0, 0.05) is 28.9 Å². The van der Waals surface area contributed by atoms with Crippen LogP contribution in [0, 0.1) is 0 Å². The van der Waals surface area contributed by atoms with Crippen molar-refractivity contribution in [2.45, 2.75) is 0 Å². The summed E-state index contributed by atoms with van der Waals surface area (Å²) in [6.45, 7) is 0. The number of carbonyl (C=O) groups is 2. The predicted octanol–water partition coefficient (Wildman–Crippen LogP) is 3.01. The van der Waals surface area contributed by atoms with Gasteiger partial charge in [-0.15, -0.1) is 0 Å². The first-order valence-corrected chi connectivity index (χ1v) is 9.76. The second kappa shape index (κ2) is 7.35. The van der Waals surface area contributed by atoms with Crippen LogP contribution in [0.25, 0.3) is 22.0 Å². The number of ether oxygens (including phenoxy) is 2. The van der Waals surface area contributed by atoms with Gasteiger partial charge in [0.1, 0.15) is 0 Å². The van der Waals surface area contributed by atoms with Crippen molar-refractivity contribution in [3.63, 3.8) is 0 Å². The molecule has 8 heteroatoms. The van der Waals surface area contributed by atoms with Gasteiger partial charge in [0.05, 0.1) is 36.4 Å². The highest BCUT2D eigenvalue weighted by Crippen LogP contribution is 2.42. The van der Waals surface area contributed by atoms with Gasteiger partial charge in [-0.1, -0.05) is 24.3 Å². The Kier molecular flexibility index (Phi) is 4.48. The Hall–Kier alpha value is -4.46. The minimum absolute atomic E-state index is 0.137. The lowest BCUT2D eigenvalue weighted by Gasteiger charge is -2.18. The first kappa shape index (κ1) is 19.5. The van der Waals surface area contributed by atoms with E-state index in [1.165, 1.54) is 20.4 Å². The Balaban J connectivity index is 1.87. The molecule has 1 amide bonds. The standard InChI is InChI=1S/C24H17N3O5/c1-31-17-10-9-16-18-20(14-7-3-4-8-15(14)21(18)28)27(24(30)19(16)22(17)32-2)26-23(29)13-6-5-11-25-12-13/h3-12H,1-2H3,(H,26,29). The van der Waals surface area contributed by atoms with Gasteiger partial charge in [-0.05, 0) is 24.3 Å². The predicted molar refractivity (Wildman–Crippen MR) is 118 cm³/mol. The fraction of sp³-hybridized carbons (Fsp3) is 0.0833. The van der Waals surface area contributed by atoms with Crippen molar-refractivity contribution < 1.29 is 19.1 Å². The Morgan fingerprint density at radius 1 is 0.969 bits per heavy atom. The van der Waals surface area contributed by atoms with E-state index in [1.807, 2.05) is 0 Å². The molecule has 1 N–H and O–H groups in total. The second-order valence-electron chi connectivity index (χ2n) is 7.15. The zero-order valence-electron chi connectivity index (χ0n) is 17.2. The van der Waals surface area contributed by atoms with Crippen LogP contribution in [-0.4, -0.2) is 35.6 Å². The third kappa shape index (κ3) is 2.70. The number of nitrogens with zero attached hydrogens (tertiary/aromatic N) is 2. The lowest BCUT2D eigenvalue weighted by Crippen LogP contribution is -2.35. The number of pyridine rings is 2. The van der Waals surface area contributed by atoms with Gasteiger partial charge >= 0.3 is 0 Å². The van der Waals surface area contributed by atoms with Crippen LogP contribution in [0.4, 0.5) is 0 Å². The molecule has 158 valence electrons. The highest BCUT2D eigenvalue weighted by atomic mass is 16.5. The fourth-order valence-electron chi connectivity index (χ4n) is 4.08. The molecular formula is C24H17N3O5. The summed E-state index contributed by atoms with van der Waals surface area (Å²) in [5, 5.41) is 0.564. The first-order chi connectivity index (χ1) is 15.6. The molecular weight excluding hydrogens is 410 g/mol. The van der Waals surface area contributed by atoms with Gasteiger partial charge in [-0.3, -0.25) is 24.8 Å². The number of carbonyl (C=O) groups excluding carboxylic acids is 2. The summed E-state index contributed by atoms with van der Waals surface area (Å²) in [5.74, 6) is -0.256. The Morgan fingerprint density at radius 2 is 1.75 bits per heavy atom. The summed E-state index contributed by atoms with van der Waals surface area (Å²) in [7, 11) is 2.87. The number of hydrogen-bond acceptors (Lipinski definition) is 6. The summed E-state index contributed by atoms with van der Waals surface area (Å²) >= 11 is 0. The molecule has 2 heterocycles. The summed E-state index contributed by atoms with van der Waals surface area (Å²) < 4.78 is 11.9. The number of ketones is 1. The topological polar surface area (TPSA) is 99.5 Å². The number of nitrogens with one attached hydrogen (secondary N) is 1. The number of benzene rings is 2. The van der Waals surface area contributed by atoms with Crippen molar-refractivity contribution in [1.82, 2.24) is 9.66 Å². The van der Waals surface area contributed by atoms with Crippen LogP contribution in [0.5, 0.6) is 11.5 Å². The molecule has 0 radical (unpaired) electrons. The lowest BCUT2D eigenvalue weighted by molar-refractivity contribution is 0.100. The van der Waals surface area contributed by atoms with E-state index in [2.05, 4.69) is 10.4 Å². The Bertz CT molecular complexity index is 1470. The van der Waals surface area contributed by atoms with Gasteiger partial charge in [0.2, 0.25) is 0 Å². The molecule has 2 aromatic carbocycles. The molecule has 0 bridgehead atoms. The molecule has 5 rings (SSSR count). The third-order valence-corrected chi connectivity index (χ3v) is 5.48. The van der Waals surface area contributed by atoms with Crippen LogP contribution in [-0.2, 0) is 0 Å². The van der Waals surface area contributed by atoms with E-state index in [-0.39, 0.29) is 22.5 Å². The Morgan fingerprint density at radius 3 is 2.44 bits per heavy atom. The average Bonchev–Trinajstić information content (AvgIpc) is 3.13. The smallest absolute Gasteiger partial charge is 0.281 e. The van der Waals surface area contributed by atoms with E-state index in [0.717, 1.165) is 4.68 Å². The number of aromatic nitrogens is 2. The maximum Gasteiger partial charge on any atom is 0.281 e. The quantitative estimate of drug-likeness (QED) is 0.473. The zero-order valence-corrected chi connectivity index (χ0v) is 17.2. The van der Waals surface area contributed by atoms with Crippen LogP contribution >= 0.6 is 0 Å². The van der Waals surface area contributed by atoms with Crippen LogP contribution in [0.3, 0.4) is 0 Å². The van der Waals surface area contributed by atoms with E-state index < -0.39 is 11.5 Å². The normalized spacial score (nSPS) is 11.8. The SMILES string of the molecule is COc1ccc2c3c(n(NC(=O)c4cccnc4)c(=O)c2c1OC)-c1ccccc1C3=O. The largest absolute Gasteiger partial charge is 0.493 e. The number of hydrogen-bond donors (Lipinski definition) is 1. The van der Waals surface area contributed by atoms with Crippen LogP contribution < -0.4 is 20.5 Å². The first-order valence-electron chi connectivity index (χ1n) is 9.76. The van der Waals surface area contributed by atoms with Crippen molar-refractivity contribution in [2.75, 3.05) is 19.6 Å². The molecule has 4 aromatic rings. The van der Waals surface area contributed by atoms with Crippen molar-refractivity contribution in [1.29, 1.82) is 0 Å². The minimum atomic E-state index is -0.545. The van der Waals surface area contributed by atoms with Crippen LogP contribution in [0.1, 0.15) is 26.3 Å². The molecule has 32 heavy (non-hydrogen) atoms. The second-order valence-corrected chi connectivity index (χ2v) is 7.15. The molecule has 0 fully saturated rings. The number of fused-ring (bicyclic) bond motifs is 5. The Labute approximate surface area is 182 Å². The number of rotatable bonds is 4. The maximum atomic E-state index is 13.7. The van der Waals surface area contributed by atoms with Gasteiger partial charge in [0.15, 0.2) is 17.3 Å². The van der Waals surface area contributed by atoms with Gasteiger partial charge in [-0.2, -0.15) is 0 Å². The highest BCUT2D eigenvalue weighted by Gasteiger charge is 2.34. The molecule has 1 aliphatic carbocycles. The van der Waals surface area contributed by atoms with Gasteiger partial charge < -0.3 is 9.47 Å². The summed E-state index contributed by atoms with van der Waals surface area (Å²) in [5.41, 5.74) is 4.02. The monoisotopic (exact) mass is 427 g/mol. The third-order valence-electron chi connectivity index (χ3n) is 5.48. The van der Waals surface area contributed by atoms with Crippen molar-refractivity contribution in [3.05, 3.63) is 88.0 Å². The van der Waals surface area contributed by atoms with Crippen LogP contribution in [0.2, 0.25) is 0 Å². The maximum absolute atomic E-state index is 13.7. The highest BCUT2D eigenvalue weighted by molar-refractivity contribution is 6.27. The molecule has 0 atom stereocenters. The molecule has 0 saturated heterocycles. The molecule has 8 nitrogen and oxygen atoms in total. The van der Waals surface area contributed by atoms with E-state index >= 15 is 0 Å². The molecule has 1 aliphatic rings. The summed E-state index contributed by atoms with van der Waals surface area (Å²) in [6.07, 6.45) is 2.94. The average molecular weight is 427 g/mol. The minimum Gasteiger partial charge on any atom is -0.493 e. The van der Waals surface area contributed by atoms with Gasteiger partial charge in [-0.25, -0.2) is 4.68 Å². The van der Waals surface area contributed by atoms with E-state index in [4.69, 9.17) is 9.47 Å². The molecule has 0 saturated carbocycles. The zero-order chi connectivity index (χ0) is 22.4. The molecule has 0 unspecified atom stereocenters. The van der Waals surface area contributed by atoms with Gasteiger partial charge in [0.25, 0.3) is 11.5 Å². The van der Waals surface area contributed by atoms with Crippen molar-refractivity contribution in [3.8, 4) is 22.8 Å². The molecule has 0 aliphatic heterocycles. The summed E-state index contributed by atoms with van der Waals surface area (Å²) in [4.78, 5) is 43.9. The van der Waals surface area contributed by atoms with Crippen LogP contribution in [0.15, 0.2) is 65.7 Å². The van der Waals surface area contributed by atoms with Crippen molar-refractivity contribution in [2.24, 2.45) is 0 Å². The van der Waals surface area contributed by atoms with E-state index in [1.54, 1.807) is 54.7 Å². The van der Waals surface area contributed by atoms with E-state index in [0.29, 0.717) is 33.5 Å². The number of amides is 1. The number of methoxy groups -OCH3 is 2.